The molecule has 0 aromatic carbocycles. The van der Waals surface area contributed by atoms with Crippen molar-refractivity contribution < 1.29 is 9.90 Å². The zero-order valence-electron chi connectivity index (χ0n) is 12.3. The molecule has 1 aliphatic heterocycles. The van der Waals surface area contributed by atoms with Crippen molar-refractivity contribution in [1.82, 2.24) is 14.5 Å². The molecule has 5 nitrogen and oxygen atoms in total. The number of amides is 1. The fraction of sp³-hybridized carbons (Fsp3) is 0.500. The minimum Gasteiger partial charge on any atom is -0.393 e. The maximum Gasteiger partial charge on any atom is 0.257 e. The summed E-state index contributed by atoms with van der Waals surface area (Å²) < 4.78 is 1.72. The molecule has 3 rings (SSSR count). The maximum atomic E-state index is 12.9. The van der Waals surface area contributed by atoms with Gasteiger partial charge in [0.2, 0.25) is 0 Å². The standard InChI is InChI=1S/C16H21N3O2/c1-12(20)10-13-6-2-4-8-18(13)16(21)14-11-17-19-9-5-3-7-15(14)19/h3,5,7,9,11-13,20H,2,4,6,8,10H2,1H3. The van der Waals surface area contributed by atoms with Gasteiger partial charge < -0.3 is 10.0 Å². The second-order valence-electron chi connectivity index (χ2n) is 5.82. The van der Waals surface area contributed by atoms with Crippen molar-refractivity contribution in [1.29, 1.82) is 0 Å². The highest BCUT2D eigenvalue weighted by molar-refractivity contribution is 6.00. The third-order valence-electron chi connectivity index (χ3n) is 4.16. The monoisotopic (exact) mass is 287 g/mol. The van der Waals surface area contributed by atoms with Gasteiger partial charge in [-0.1, -0.05) is 6.07 Å². The van der Waals surface area contributed by atoms with Crippen LogP contribution < -0.4 is 0 Å². The van der Waals surface area contributed by atoms with Crippen LogP contribution in [0.5, 0.6) is 0 Å². The number of hydrogen-bond acceptors (Lipinski definition) is 3. The third kappa shape index (κ3) is 2.78. The predicted molar refractivity (Wildman–Crippen MR) is 80.2 cm³/mol. The van der Waals surface area contributed by atoms with E-state index in [1.54, 1.807) is 17.6 Å². The molecule has 1 N–H and O–H groups in total. The van der Waals surface area contributed by atoms with Gasteiger partial charge in [0.1, 0.15) is 0 Å². The van der Waals surface area contributed by atoms with Gasteiger partial charge in [-0.3, -0.25) is 4.79 Å². The first-order valence-corrected chi connectivity index (χ1v) is 7.58. The van der Waals surface area contributed by atoms with Crippen LogP contribution in [0.4, 0.5) is 0 Å². The van der Waals surface area contributed by atoms with E-state index in [0.717, 1.165) is 31.3 Å². The predicted octanol–water partition coefficient (Wildman–Crippen LogP) is 2.10. The molecule has 2 unspecified atom stereocenters. The van der Waals surface area contributed by atoms with Crippen molar-refractivity contribution in [3.8, 4) is 0 Å². The smallest absolute Gasteiger partial charge is 0.257 e. The number of aromatic nitrogens is 2. The first-order chi connectivity index (χ1) is 10.2. The topological polar surface area (TPSA) is 57.8 Å². The molecule has 2 aromatic heterocycles. The number of aliphatic hydroxyl groups excluding tert-OH is 1. The van der Waals surface area contributed by atoms with E-state index in [4.69, 9.17) is 0 Å². The number of carbonyl (C=O) groups excluding carboxylic acids is 1. The molecule has 5 heteroatoms. The number of pyridine rings is 1. The fourth-order valence-corrected chi connectivity index (χ4v) is 3.16. The molecule has 1 saturated heterocycles. The highest BCUT2D eigenvalue weighted by Crippen LogP contribution is 2.24. The Kier molecular flexibility index (Phi) is 3.92. The van der Waals surface area contributed by atoms with Gasteiger partial charge in [0.05, 0.1) is 23.4 Å². The van der Waals surface area contributed by atoms with Gasteiger partial charge in [0.25, 0.3) is 5.91 Å². The highest BCUT2D eigenvalue weighted by Gasteiger charge is 2.29. The third-order valence-corrected chi connectivity index (χ3v) is 4.16. The summed E-state index contributed by atoms with van der Waals surface area (Å²) in [5, 5.41) is 13.9. The van der Waals surface area contributed by atoms with E-state index in [-0.39, 0.29) is 18.1 Å². The first kappa shape index (κ1) is 14.1. The normalized spacial score (nSPS) is 20.7. The summed E-state index contributed by atoms with van der Waals surface area (Å²) in [6, 6.07) is 5.85. The first-order valence-electron chi connectivity index (χ1n) is 7.58. The molecule has 1 amide bonds. The van der Waals surface area contributed by atoms with Gasteiger partial charge >= 0.3 is 0 Å². The van der Waals surface area contributed by atoms with Gasteiger partial charge in [0.15, 0.2) is 0 Å². The fourth-order valence-electron chi connectivity index (χ4n) is 3.16. The van der Waals surface area contributed by atoms with Crippen LogP contribution in [-0.4, -0.2) is 44.2 Å². The summed E-state index contributed by atoms with van der Waals surface area (Å²) in [7, 11) is 0. The van der Waals surface area contributed by atoms with Crippen molar-refractivity contribution >= 4 is 11.4 Å². The average molecular weight is 287 g/mol. The molecule has 0 spiro atoms. The Morgan fingerprint density at radius 2 is 2.33 bits per heavy atom. The number of likely N-dealkylation sites (tertiary alicyclic amines) is 1. The van der Waals surface area contributed by atoms with Crippen LogP contribution in [0.3, 0.4) is 0 Å². The van der Waals surface area contributed by atoms with Crippen LogP contribution in [-0.2, 0) is 0 Å². The number of hydrogen-bond donors (Lipinski definition) is 1. The minimum absolute atomic E-state index is 0.0292. The molecular weight excluding hydrogens is 266 g/mol. The van der Waals surface area contributed by atoms with Crippen molar-refractivity contribution in [3.05, 3.63) is 36.2 Å². The summed E-state index contributed by atoms with van der Waals surface area (Å²) in [4.78, 5) is 14.8. The summed E-state index contributed by atoms with van der Waals surface area (Å²) in [5.74, 6) is 0.0292. The summed E-state index contributed by atoms with van der Waals surface area (Å²) >= 11 is 0. The van der Waals surface area contributed by atoms with E-state index in [1.807, 2.05) is 29.3 Å². The molecule has 3 heterocycles. The van der Waals surface area contributed by atoms with Crippen molar-refractivity contribution in [3.63, 3.8) is 0 Å². The van der Waals surface area contributed by atoms with Crippen molar-refractivity contribution in [2.75, 3.05) is 6.54 Å². The number of piperidine rings is 1. The summed E-state index contributed by atoms with van der Waals surface area (Å²) in [6.07, 6.45) is 6.87. The molecule has 112 valence electrons. The minimum atomic E-state index is -0.382. The Bertz CT molecular complexity index is 635. The zero-order valence-corrected chi connectivity index (χ0v) is 12.3. The molecule has 1 aliphatic rings. The van der Waals surface area contributed by atoms with E-state index < -0.39 is 0 Å². The molecule has 2 atom stereocenters. The Morgan fingerprint density at radius 3 is 3.14 bits per heavy atom. The average Bonchev–Trinajstić information content (AvgIpc) is 2.90. The Balaban J connectivity index is 1.88. The van der Waals surface area contributed by atoms with Crippen LogP contribution in [0.2, 0.25) is 0 Å². The largest absolute Gasteiger partial charge is 0.393 e. The quantitative estimate of drug-likeness (QED) is 0.940. The van der Waals surface area contributed by atoms with E-state index in [9.17, 15) is 9.90 Å². The lowest BCUT2D eigenvalue weighted by molar-refractivity contribution is 0.0517. The van der Waals surface area contributed by atoms with Crippen molar-refractivity contribution in [2.45, 2.75) is 44.8 Å². The van der Waals surface area contributed by atoms with Crippen LogP contribution in [0, 0.1) is 0 Å². The second-order valence-corrected chi connectivity index (χ2v) is 5.82. The SMILES string of the molecule is CC(O)CC1CCCCN1C(=O)c1cnn2ccccc12. The molecule has 0 bridgehead atoms. The van der Waals surface area contributed by atoms with Crippen LogP contribution in [0.15, 0.2) is 30.6 Å². The van der Waals surface area contributed by atoms with E-state index >= 15 is 0 Å². The number of aliphatic hydroxyl groups is 1. The van der Waals surface area contributed by atoms with Crippen molar-refractivity contribution in [2.24, 2.45) is 0 Å². The molecule has 1 fully saturated rings. The van der Waals surface area contributed by atoms with Gasteiger partial charge in [-0.2, -0.15) is 5.10 Å². The molecule has 21 heavy (non-hydrogen) atoms. The van der Waals surface area contributed by atoms with Crippen LogP contribution in [0.25, 0.3) is 5.52 Å². The zero-order chi connectivity index (χ0) is 14.8. The van der Waals surface area contributed by atoms with Crippen LogP contribution in [0.1, 0.15) is 43.0 Å². The van der Waals surface area contributed by atoms with E-state index in [0.29, 0.717) is 12.0 Å². The van der Waals surface area contributed by atoms with Gasteiger partial charge in [-0.25, -0.2) is 4.52 Å². The highest BCUT2D eigenvalue weighted by atomic mass is 16.3. The lowest BCUT2D eigenvalue weighted by atomic mass is 9.96. The Morgan fingerprint density at radius 1 is 1.48 bits per heavy atom. The Hall–Kier alpha value is -1.88. The number of nitrogens with zero attached hydrogens (tertiary/aromatic N) is 3. The molecule has 2 aromatic rings. The van der Waals surface area contributed by atoms with Gasteiger partial charge in [-0.15, -0.1) is 0 Å². The maximum absolute atomic E-state index is 12.9. The molecule has 0 aliphatic carbocycles. The summed E-state index contributed by atoms with van der Waals surface area (Å²) in [5.41, 5.74) is 1.48. The molecule has 0 saturated carbocycles. The molecule has 0 radical (unpaired) electrons. The number of fused-ring (bicyclic) bond motifs is 1. The summed E-state index contributed by atoms with van der Waals surface area (Å²) in [6.45, 7) is 2.55. The number of rotatable bonds is 3. The lowest BCUT2D eigenvalue weighted by Gasteiger charge is -2.36. The van der Waals surface area contributed by atoms with Gasteiger partial charge in [-0.05, 0) is 44.7 Å². The number of carbonyl (C=O) groups is 1. The lowest BCUT2D eigenvalue weighted by Crippen LogP contribution is -2.45. The van der Waals surface area contributed by atoms with E-state index in [1.165, 1.54) is 0 Å². The Labute approximate surface area is 124 Å². The second kappa shape index (κ2) is 5.85. The van der Waals surface area contributed by atoms with E-state index in [2.05, 4.69) is 5.10 Å². The van der Waals surface area contributed by atoms with Crippen LogP contribution >= 0.6 is 0 Å². The van der Waals surface area contributed by atoms with Gasteiger partial charge in [0, 0.05) is 18.8 Å². The molecular formula is C16H21N3O2.